The van der Waals surface area contributed by atoms with Gasteiger partial charge in [-0.05, 0) is 94.5 Å². The fourth-order valence-corrected chi connectivity index (χ4v) is 8.03. The molecule has 1 saturated carbocycles. The van der Waals surface area contributed by atoms with Crippen molar-refractivity contribution >= 4 is 46.2 Å². The second kappa shape index (κ2) is 13.9. The number of nitrogens with zero attached hydrogens (tertiary/aromatic N) is 5. The van der Waals surface area contributed by atoms with Crippen molar-refractivity contribution in [2.45, 2.75) is 95.2 Å². The van der Waals surface area contributed by atoms with Gasteiger partial charge in [0.2, 0.25) is 0 Å². The minimum absolute atomic E-state index is 0.000193. The second-order valence-corrected chi connectivity index (χ2v) is 15.8. The number of halogens is 2. The quantitative estimate of drug-likeness (QED) is 0.240. The van der Waals surface area contributed by atoms with E-state index in [2.05, 4.69) is 4.98 Å². The van der Waals surface area contributed by atoms with Crippen LogP contribution in [0.1, 0.15) is 81.3 Å². The molecule has 3 fully saturated rings. The Kier molecular flexibility index (Phi) is 9.68. The maximum atomic E-state index is 13.7. The lowest BCUT2D eigenvalue weighted by Gasteiger charge is -2.48. The van der Waals surface area contributed by atoms with Crippen LogP contribution in [0.15, 0.2) is 65.7 Å². The molecule has 4 aromatic rings. The van der Waals surface area contributed by atoms with E-state index in [1.54, 1.807) is 39.8 Å². The van der Waals surface area contributed by atoms with Crippen molar-refractivity contribution in [3.8, 4) is 5.69 Å². The lowest BCUT2D eigenvalue weighted by molar-refractivity contribution is -0.118. The van der Waals surface area contributed by atoms with Crippen LogP contribution in [0.3, 0.4) is 0 Å². The minimum atomic E-state index is -1.19. The van der Waals surface area contributed by atoms with Crippen molar-refractivity contribution in [1.29, 1.82) is 0 Å². The summed E-state index contributed by atoms with van der Waals surface area (Å²) in [5, 5.41) is 12.7. The van der Waals surface area contributed by atoms with Gasteiger partial charge >= 0.3 is 6.09 Å². The van der Waals surface area contributed by atoms with Gasteiger partial charge in [0.15, 0.2) is 5.65 Å². The van der Waals surface area contributed by atoms with Crippen LogP contribution >= 0.6 is 23.2 Å². The Hall–Kier alpha value is -3.90. The third-order valence-electron chi connectivity index (χ3n) is 10.2. The number of amides is 2. The summed E-state index contributed by atoms with van der Waals surface area (Å²) in [4.78, 5) is 48.4. The first-order valence-corrected chi connectivity index (χ1v) is 18.3. The van der Waals surface area contributed by atoms with Crippen LogP contribution in [-0.4, -0.2) is 84.1 Å². The van der Waals surface area contributed by atoms with Gasteiger partial charge in [-0.3, -0.25) is 23.6 Å². The molecule has 4 heterocycles. The van der Waals surface area contributed by atoms with E-state index in [1.165, 1.54) is 10.9 Å². The molecule has 3 unspecified atom stereocenters. The molecule has 3 aliphatic rings. The summed E-state index contributed by atoms with van der Waals surface area (Å²) in [6, 6.07) is 15.7. The number of piperidine rings is 1. The van der Waals surface area contributed by atoms with Crippen LogP contribution in [0, 0.1) is 0 Å². The Balaban J connectivity index is 1.09. The van der Waals surface area contributed by atoms with Crippen molar-refractivity contribution in [3.63, 3.8) is 0 Å². The molecule has 51 heavy (non-hydrogen) atoms. The van der Waals surface area contributed by atoms with Crippen LogP contribution in [0.4, 0.5) is 4.79 Å². The SMILES string of the molecule is CC(C)(C)OC(=O)N1C(c2ccc(-n3c(Cl)cc4c(=O)n(CC5(O)CCN(C(=O)c6ccc(Cl)cc6)CC5)cnc43)cc2)COC2CCCCC21. The summed E-state index contributed by atoms with van der Waals surface area (Å²) >= 11 is 12.7. The number of fused-ring (bicyclic) bond motifs is 2. The average Bonchev–Trinajstić information content (AvgIpc) is 3.45. The lowest BCUT2D eigenvalue weighted by atomic mass is 9.88. The molecule has 2 amide bonds. The monoisotopic (exact) mass is 735 g/mol. The second-order valence-electron chi connectivity index (χ2n) is 15.0. The average molecular weight is 737 g/mol. The van der Waals surface area contributed by atoms with E-state index >= 15 is 0 Å². The summed E-state index contributed by atoms with van der Waals surface area (Å²) < 4.78 is 15.3. The van der Waals surface area contributed by atoms with Crippen molar-refractivity contribution in [1.82, 2.24) is 23.9 Å². The zero-order valence-corrected chi connectivity index (χ0v) is 30.6. The molecule has 2 saturated heterocycles. The normalized spacial score (nSPS) is 22.1. The maximum absolute atomic E-state index is 13.7. The highest BCUT2D eigenvalue weighted by molar-refractivity contribution is 6.31. The number of carbonyl (C=O) groups excluding carboxylic acids is 2. The van der Waals surface area contributed by atoms with E-state index in [-0.39, 0.29) is 42.3 Å². The number of hydrogen-bond acceptors (Lipinski definition) is 7. The molecule has 7 rings (SSSR count). The van der Waals surface area contributed by atoms with Crippen molar-refractivity contribution in [2.75, 3.05) is 19.7 Å². The van der Waals surface area contributed by atoms with Gasteiger partial charge in [-0.1, -0.05) is 48.2 Å². The first-order valence-electron chi connectivity index (χ1n) is 17.6. The Morgan fingerprint density at radius 2 is 1.71 bits per heavy atom. The molecule has 11 nitrogen and oxygen atoms in total. The number of carbonyl (C=O) groups is 2. The van der Waals surface area contributed by atoms with Crippen LogP contribution in [0.25, 0.3) is 16.7 Å². The Morgan fingerprint density at radius 1 is 1.02 bits per heavy atom. The van der Waals surface area contributed by atoms with Gasteiger partial charge in [0.05, 0.1) is 42.3 Å². The molecule has 0 spiro atoms. The minimum Gasteiger partial charge on any atom is -0.444 e. The van der Waals surface area contributed by atoms with E-state index < -0.39 is 11.2 Å². The number of rotatable bonds is 5. The van der Waals surface area contributed by atoms with Gasteiger partial charge in [0.1, 0.15) is 17.1 Å². The predicted molar refractivity (Wildman–Crippen MR) is 195 cm³/mol. The Bertz CT molecular complexity index is 1980. The number of aliphatic hydroxyl groups is 1. The zero-order chi connectivity index (χ0) is 36.1. The highest BCUT2D eigenvalue weighted by Gasteiger charge is 2.44. The summed E-state index contributed by atoms with van der Waals surface area (Å²) in [5.41, 5.74) is 0.411. The maximum Gasteiger partial charge on any atom is 0.411 e. The topological polar surface area (TPSA) is 119 Å². The summed E-state index contributed by atoms with van der Waals surface area (Å²) in [6.45, 7) is 6.74. The molecule has 2 aliphatic heterocycles. The Morgan fingerprint density at radius 3 is 2.39 bits per heavy atom. The highest BCUT2D eigenvalue weighted by Crippen LogP contribution is 2.38. The number of likely N-dealkylation sites (tertiary alicyclic amines) is 1. The third kappa shape index (κ3) is 7.26. The zero-order valence-electron chi connectivity index (χ0n) is 29.1. The molecule has 0 bridgehead atoms. The van der Waals surface area contributed by atoms with E-state index in [9.17, 15) is 19.5 Å². The van der Waals surface area contributed by atoms with Crippen molar-refractivity contribution < 1.29 is 24.2 Å². The van der Waals surface area contributed by atoms with Crippen molar-refractivity contribution in [3.05, 3.63) is 92.6 Å². The summed E-state index contributed by atoms with van der Waals surface area (Å²) in [5.74, 6) is -0.122. The van der Waals surface area contributed by atoms with Gasteiger partial charge in [-0.2, -0.15) is 0 Å². The van der Waals surface area contributed by atoms with E-state index in [0.717, 1.165) is 31.2 Å². The van der Waals surface area contributed by atoms with Gasteiger partial charge in [-0.15, -0.1) is 0 Å². The fraction of sp³-hybridized carbons (Fsp3) is 0.474. The Labute approximate surface area is 306 Å². The van der Waals surface area contributed by atoms with Gasteiger partial charge in [0, 0.05) is 29.4 Å². The van der Waals surface area contributed by atoms with Gasteiger partial charge in [-0.25, -0.2) is 9.78 Å². The van der Waals surface area contributed by atoms with E-state index in [0.29, 0.717) is 65.0 Å². The molecule has 2 aromatic heterocycles. The van der Waals surface area contributed by atoms with Crippen LogP contribution in [0.2, 0.25) is 10.2 Å². The first kappa shape index (κ1) is 35.5. The lowest BCUT2D eigenvalue weighted by Crippen LogP contribution is -2.57. The molecule has 2 aromatic carbocycles. The smallest absolute Gasteiger partial charge is 0.411 e. The first-order chi connectivity index (χ1) is 24.3. The van der Waals surface area contributed by atoms with E-state index in [4.69, 9.17) is 32.7 Å². The number of benzene rings is 2. The van der Waals surface area contributed by atoms with Crippen LogP contribution in [0.5, 0.6) is 0 Å². The summed E-state index contributed by atoms with van der Waals surface area (Å²) in [6.07, 6.45) is 5.63. The van der Waals surface area contributed by atoms with Gasteiger partial charge < -0.3 is 19.5 Å². The van der Waals surface area contributed by atoms with Crippen molar-refractivity contribution in [2.24, 2.45) is 0 Å². The number of hydrogen-bond donors (Lipinski definition) is 1. The molecule has 270 valence electrons. The largest absolute Gasteiger partial charge is 0.444 e. The van der Waals surface area contributed by atoms with Crippen LogP contribution < -0.4 is 5.56 Å². The molecule has 0 radical (unpaired) electrons. The van der Waals surface area contributed by atoms with Gasteiger partial charge in [0.25, 0.3) is 11.5 Å². The standard InChI is InChI=1S/C38H43Cl2N5O6/c1-37(2,3)51-36(48)45-29-6-4-5-7-31(29)50-21-30(45)24-10-14-27(15-11-24)44-32(40)20-28-33(44)41-23-43(35(28)47)22-38(49)16-18-42(19-17-38)34(46)25-8-12-26(39)13-9-25/h8-15,20,23,29-31,49H,4-7,16-19,21-22H2,1-3H3. The van der Waals surface area contributed by atoms with E-state index in [1.807, 2.05) is 49.9 Å². The predicted octanol–water partition coefficient (Wildman–Crippen LogP) is 6.78. The molecular formula is C38H43Cl2N5O6. The molecule has 3 atom stereocenters. The molecule has 1 aliphatic carbocycles. The third-order valence-corrected chi connectivity index (χ3v) is 10.8. The van der Waals surface area contributed by atoms with Crippen LogP contribution in [-0.2, 0) is 16.0 Å². The number of morpholine rings is 1. The molecule has 13 heteroatoms. The number of ether oxygens (including phenoxy) is 2. The fourth-order valence-electron chi connectivity index (χ4n) is 7.62. The number of aromatic nitrogens is 3. The summed E-state index contributed by atoms with van der Waals surface area (Å²) in [7, 11) is 0. The molecular weight excluding hydrogens is 693 g/mol. The highest BCUT2D eigenvalue weighted by atomic mass is 35.5. The molecule has 1 N–H and O–H groups in total.